The van der Waals surface area contributed by atoms with E-state index in [1.54, 1.807) is 6.08 Å². The van der Waals surface area contributed by atoms with Crippen LogP contribution in [0.3, 0.4) is 0 Å². The molecule has 3 N–H and O–H groups in total. The predicted molar refractivity (Wildman–Crippen MR) is 102 cm³/mol. The standard InChI is InChI=1S/C21H34O5/c1-3-4-9-15(2)18(22)13-12-17-16(19(23)14-20(17)24)10-7-5-6-8-11-21(25)26/h5,7,12-13,15-18,20,22,24H,3-4,6,8-11,14H2,1-2H3,(H,25,26)/t15?,16-,17-,18-,20-/m1/s1. The summed E-state index contributed by atoms with van der Waals surface area (Å²) in [5, 5.41) is 29.0. The Morgan fingerprint density at radius 2 is 2.04 bits per heavy atom. The first-order valence-electron chi connectivity index (χ1n) is 9.80. The number of carbonyl (C=O) groups is 2. The van der Waals surface area contributed by atoms with E-state index in [2.05, 4.69) is 6.92 Å². The summed E-state index contributed by atoms with van der Waals surface area (Å²) in [7, 11) is 0. The van der Waals surface area contributed by atoms with E-state index >= 15 is 0 Å². The van der Waals surface area contributed by atoms with Gasteiger partial charge in [0.1, 0.15) is 5.78 Å². The van der Waals surface area contributed by atoms with Gasteiger partial charge in [0.25, 0.3) is 0 Å². The highest BCUT2D eigenvalue weighted by atomic mass is 16.4. The monoisotopic (exact) mass is 366 g/mol. The quantitative estimate of drug-likeness (QED) is 0.363. The predicted octanol–water partition coefficient (Wildman–Crippen LogP) is 3.50. The number of aliphatic carboxylic acids is 1. The van der Waals surface area contributed by atoms with Crippen molar-refractivity contribution in [3.8, 4) is 0 Å². The van der Waals surface area contributed by atoms with Gasteiger partial charge in [-0.3, -0.25) is 9.59 Å². The number of hydrogen-bond acceptors (Lipinski definition) is 4. The van der Waals surface area contributed by atoms with E-state index in [0.29, 0.717) is 19.3 Å². The summed E-state index contributed by atoms with van der Waals surface area (Å²) in [5.41, 5.74) is 0. The van der Waals surface area contributed by atoms with Gasteiger partial charge in [0.2, 0.25) is 0 Å². The highest BCUT2D eigenvalue weighted by molar-refractivity contribution is 5.84. The van der Waals surface area contributed by atoms with Crippen molar-refractivity contribution >= 4 is 11.8 Å². The summed E-state index contributed by atoms with van der Waals surface area (Å²) in [6.45, 7) is 4.13. The van der Waals surface area contributed by atoms with Gasteiger partial charge in [0, 0.05) is 24.7 Å². The molecule has 0 aromatic heterocycles. The average molecular weight is 366 g/mol. The minimum Gasteiger partial charge on any atom is -0.481 e. The van der Waals surface area contributed by atoms with Gasteiger partial charge in [-0.15, -0.1) is 0 Å². The summed E-state index contributed by atoms with van der Waals surface area (Å²) in [6, 6.07) is 0. The molecule has 148 valence electrons. The Morgan fingerprint density at radius 3 is 2.69 bits per heavy atom. The molecule has 1 aliphatic rings. The van der Waals surface area contributed by atoms with Crippen LogP contribution in [0.25, 0.3) is 0 Å². The number of allylic oxidation sites excluding steroid dienone is 2. The van der Waals surface area contributed by atoms with Crippen molar-refractivity contribution in [1.82, 2.24) is 0 Å². The lowest BCUT2D eigenvalue weighted by Crippen LogP contribution is -2.20. The Morgan fingerprint density at radius 1 is 1.31 bits per heavy atom. The van der Waals surface area contributed by atoms with Crippen molar-refractivity contribution in [2.45, 2.75) is 77.4 Å². The first-order valence-corrected chi connectivity index (χ1v) is 9.80. The molecule has 0 heterocycles. The molecule has 0 amide bonds. The summed E-state index contributed by atoms with van der Waals surface area (Å²) >= 11 is 0. The van der Waals surface area contributed by atoms with Gasteiger partial charge in [0.05, 0.1) is 12.2 Å². The van der Waals surface area contributed by atoms with Crippen LogP contribution < -0.4 is 0 Å². The second-order valence-electron chi connectivity index (χ2n) is 7.41. The van der Waals surface area contributed by atoms with Crippen molar-refractivity contribution in [1.29, 1.82) is 0 Å². The Labute approximate surface area is 156 Å². The zero-order valence-electron chi connectivity index (χ0n) is 16.0. The van der Waals surface area contributed by atoms with Gasteiger partial charge in [0.15, 0.2) is 0 Å². The normalized spacial score (nSPS) is 26.0. The molecular weight excluding hydrogens is 332 g/mol. The number of carbonyl (C=O) groups excluding carboxylic acids is 1. The van der Waals surface area contributed by atoms with E-state index in [4.69, 9.17) is 5.11 Å². The fourth-order valence-electron chi connectivity index (χ4n) is 3.39. The van der Waals surface area contributed by atoms with Gasteiger partial charge in [-0.05, 0) is 31.6 Å². The molecule has 26 heavy (non-hydrogen) atoms. The van der Waals surface area contributed by atoms with Crippen LogP contribution in [-0.2, 0) is 9.59 Å². The second-order valence-corrected chi connectivity index (χ2v) is 7.41. The first-order chi connectivity index (χ1) is 12.4. The molecule has 0 radical (unpaired) electrons. The molecule has 0 aromatic carbocycles. The maximum Gasteiger partial charge on any atom is 0.303 e. The van der Waals surface area contributed by atoms with E-state index in [-0.39, 0.29) is 36.4 Å². The molecule has 1 unspecified atom stereocenters. The lowest BCUT2D eigenvalue weighted by molar-refractivity contribution is -0.137. The molecule has 5 atom stereocenters. The smallest absolute Gasteiger partial charge is 0.303 e. The number of aliphatic hydroxyl groups is 2. The van der Waals surface area contributed by atoms with Crippen molar-refractivity contribution in [3.05, 3.63) is 24.3 Å². The highest BCUT2D eigenvalue weighted by Crippen LogP contribution is 2.33. The Hall–Kier alpha value is -1.46. The Bertz CT molecular complexity index is 497. The van der Waals surface area contributed by atoms with Crippen molar-refractivity contribution < 1.29 is 24.9 Å². The number of ketones is 1. The molecule has 0 spiro atoms. The largest absolute Gasteiger partial charge is 0.481 e. The van der Waals surface area contributed by atoms with E-state index in [1.165, 1.54) is 0 Å². The number of Topliss-reactive ketones (excluding diaryl/α,β-unsaturated/α-hetero) is 1. The minimum absolute atomic E-state index is 0.0517. The van der Waals surface area contributed by atoms with Crippen molar-refractivity contribution in [2.75, 3.05) is 0 Å². The third-order valence-electron chi connectivity index (χ3n) is 5.18. The van der Waals surface area contributed by atoms with E-state index in [9.17, 15) is 19.8 Å². The summed E-state index contributed by atoms with van der Waals surface area (Å²) in [5.74, 6) is -1.12. The number of carboxylic acid groups (broad SMARTS) is 1. The average Bonchev–Trinajstić information content (AvgIpc) is 2.86. The number of aliphatic hydroxyl groups excluding tert-OH is 2. The molecular formula is C21H34O5. The van der Waals surface area contributed by atoms with Gasteiger partial charge < -0.3 is 15.3 Å². The lowest BCUT2D eigenvalue weighted by Gasteiger charge is -2.19. The van der Waals surface area contributed by atoms with Gasteiger partial charge in [-0.25, -0.2) is 0 Å². The van der Waals surface area contributed by atoms with Gasteiger partial charge >= 0.3 is 5.97 Å². The molecule has 1 rings (SSSR count). The van der Waals surface area contributed by atoms with Crippen LogP contribution in [0.5, 0.6) is 0 Å². The third-order valence-corrected chi connectivity index (χ3v) is 5.18. The maximum atomic E-state index is 12.2. The molecule has 1 fully saturated rings. The Balaban J connectivity index is 2.55. The fraction of sp³-hybridized carbons (Fsp3) is 0.714. The SMILES string of the molecule is CCCCC(C)[C@H](O)C=C[C@H]1[C@H](O)CC(=O)[C@@H]1CC=CCCCC(=O)O. The molecule has 5 nitrogen and oxygen atoms in total. The van der Waals surface area contributed by atoms with E-state index < -0.39 is 18.2 Å². The van der Waals surface area contributed by atoms with E-state index in [1.807, 2.05) is 25.2 Å². The van der Waals surface area contributed by atoms with Gasteiger partial charge in [-0.1, -0.05) is 51.0 Å². The van der Waals surface area contributed by atoms with Crippen LogP contribution in [-0.4, -0.2) is 39.3 Å². The number of hydrogen-bond donors (Lipinski definition) is 3. The van der Waals surface area contributed by atoms with Crippen molar-refractivity contribution in [2.24, 2.45) is 17.8 Å². The first kappa shape index (κ1) is 22.6. The fourth-order valence-corrected chi connectivity index (χ4v) is 3.39. The van der Waals surface area contributed by atoms with Crippen LogP contribution in [0.1, 0.15) is 65.2 Å². The summed E-state index contributed by atoms with van der Waals surface area (Å²) in [4.78, 5) is 22.6. The van der Waals surface area contributed by atoms with Crippen LogP contribution in [0.15, 0.2) is 24.3 Å². The minimum atomic E-state index is -0.801. The lowest BCUT2D eigenvalue weighted by atomic mass is 9.89. The van der Waals surface area contributed by atoms with Crippen LogP contribution in [0.4, 0.5) is 0 Å². The molecule has 0 aromatic rings. The number of unbranched alkanes of at least 4 members (excludes halogenated alkanes) is 2. The molecule has 1 saturated carbocycles. The topological polar surface area (TPSA) is 94.8 Å². The summed E-state index contributed by atoms with van der Waals surface area (Å²) in [6.07, 6.45) is 11.3. The molecule has 0 saturated heterocycles. The molecule has 0 aliphatic heterocycles. The summed E-state index contributed by atoms with van der Waals surface area (Å²) < 4.78 is 0. The van der Waals surface area contributed by atoms with E-state index in [0.717, 1.165) is 19.3 Å². The van der Waals surface area contributed by atoms with Crippen LogP contribution in [0, 0.1) is 17.8 Å². The molecule has 5 heteroatoms. The van der Waals surface area contributed by atoms with Crippen LogP contribution >= 0.6 is 0 Å². The second kappa shape index (κ2) is 12.0. The third kappa shape index (κ3) is 7.83. The number of carboxylic acids is 1. The number of rotatable bonds is 12. The van der Waals surface area contributed by atoms with Crippen molar-refractivity contribution in [3.63, 3.8) is 0 Å². The molecule has 0 bridgehead atoms. The maximum absolute atomic E-state index is 12.2. The van der Waals surface area contributed by atoms with Gasteiger partial charge in [-0.2, -0.15) is 0 Å². The Kier molecular flexibility index (Phi) is 10.4. The molecule has 1 aliphatic carbocycles. The highest BCUT2D eigenvalue weighted by Gasteiger charge is 2.39. The van der Waals surface area contributed by atoms with Crippen LogP contribution in [0.2, 0.25) is 0 Å². The zero-order chi connectivity index (χ0) is 19.5. The zero-order valence-corrected chi connectivity index (χ0v) is 16.0.